The van der Waals surface area contributed by atoms with Gasteiger partial charge >= 0.3 is 11.9 Å². The van der Waals surface area contributed by atoms with Gasteiger partial charge in [0.05, 0.1) is 5.75 Å². The fourth-order valence-corrected chi connectivity index (χ4v) is 3.68. The highest BCUT2D eigenvalue weighted by molar-refractivity contribution is 8.00. The zero-order valence-electron chi connectivity index (χ0n) is 15.6. The third-order valence-electron chi connectivity index (χ3n) is 3.80. The number of nitrogens with zero attached hydrogens (tertiary/aromatic N) is 3. The first kappa shape index (κ1) is 22.4. The van der Waals surface area contributed by atoms with Gasteiger partial charge < -0.3 is 31.0 Å². The highest BCUT2D eigenvalue weighted by atomic mass is 32.2. The SMILES string of the molecule is CN1C(=O)[C@@H](NC(=O)/C(=N\OC(C)(C)C(=O)O)c2csc(N)n2)C1SCC(=O)O. The van der Waals surface area contributed by atoms with Gasteiger partial charge in [-0.05, 0) is 13.8 Å². The number of β-lactam (4-membered cyclic amide) rings is 1. The van der Waals surface area contributed by atoms with Crippen LogP contribution >= 0.6 is 23.1 Å². The Hall–Kier alpha value is -2.87. The van der Waals surface area contributed by atoms with E-state index in [0.29, 0.717) is 0 Å². The number of aliphatic carboxylic acids is 2. The Bertz CT molecular complexity index is 869. The second kappa shape index (κ2) is 8.65. The van der Waals surface area contributed by atoms with E-state index in [1.54, 1.807) is 0 Å². The first-order chi connectivity index (χ1) is 13.4. The van der Waals surface area contributed by atoms with Gasteiger partial charge in [0.1, 0.15) is 17.1 Å². The molecule has 5 N–H and O–H groups in total. The van der Waals surface area contributed by atoms with Gasteiger partial charge in [0.15, 0.2) is 10.8 Å². The molecule has 0 bridgehead atoms. The van der Waals surface area contributed by atoms with Crippen molar-refractivity contribution in [3.8, 4) is 0 Å². The van der Waals surface area contributed by atoms with Gasteiger partial charge in [0, 0.05) is 12.4 Å². The number of carbonyl (C=O) groups excluding carboxylic acids is 2. The molecule has 158 valence electrons. The number of amides is 2. The molecule has 2 amide bonds. The predicted octanol–water partition coefficient (Wildman–Crippen LogP) is -0.590. The molecule has 0 aromatic carbocycles. The van der Waals surface area contributed by atoms with E-state index in [9.17, 15) is 19.2 Å². The molecule has 1 aromatic rings. The number of rotatable bonds is 9. The van der Waals surface area contributed by atoms with Crippen LogP contribution in [-0.4, -0.2) is 79.4 Å². The number of carboxylic acids is 2. The van der Waals surface area contributed by atoms with E-state index in [1.165, 1.54) is 31.2 Å². The zero-order chi connectivity index (χ0) is 21.9. The highest BCUT2D eigenvalue weighted by Crippen LogP contribution is 2.28. The molecule has 1 unspecified atom stereocenters. The average molecular weight is 445 g/mol. The van der Waals surface area contributed by atoms with Gasteiger partial charge in [0.25, 0.3) is 5.91 Å². The van der Waals surface area contributed by atoms with Crippen molar-refractivity contribution >= 4 is 57.7 Å². The molecule has 1 aliphatic rings. The number of aromatic nitrogens is 1. The van der Waals surface area contributed by atoms with Crippen molar-refractivity contribution in [2.75, 3.05) is 18.5 Å². The smallest absolute Gasteiger partial charge is 0.350 e. The van der Waals surface area contributed by atoms with Gasteiger partial charge in [0.2, 0.25) is 11.5 Å². The molecule has 2 atom stereocenters. The number of nitrogens with one attached hydrogen (secondary N) is 1. The number of carbonyl (C=O) groups is 4. The molecule has 0 spiro atoms. The molecule has 2 heterocycles. The van der Waals surface area contributed by atoms with Crippen molar-refractivity contribution in [1.29, 1.82) is 0 Å². The van der Waals surface area contributed by atoms with Crippen LogP contribution in [0.3, 0.4) is 0 Å². The number of anilines is 1. The molecule has 14 heteroatoms. The summed E-state index contributed by atoms with van der Waals surface area (Å²) in [5, 5.41) is 25.0. The van der Waals surface area contributed by atoms with Crippen LogP contribution in [0.2, 0.25) is 0 Å². The van der Waals surface area contributed by atoms with E-state index >= 15 is 0 Å². The fraction of sp³-hybridized carbons (Fsp3) is 0.467. The number of nitrogens with two attached hydrogens (primary N) is 1. The second-order valence-corrected chi connectivity index (χ2v) is 8.41. The number of hydrogen-bond acceptors (Lipinski definition) is 10. The summed E-state index contributed by atoms with van der Waals surface area (Å²) >= 11 is 2.01. The first-order valence-electron chi connectivity index (χ1n) is 8.06. The topological polar surface area (TPSA) is 185 Å². The summed E-state index contributed by atoms with van der Waals surface area (Å²) in [6.07, 6.45) is 0. The van der Waals surface area contributed by atoms with Crippen LogP contribution in [0.1, 0.15) is 19.5 Å². The van der Waals surface area contributed by atoms with Crippen LogP contribution in [0.4, 0.5) is 5.13 Å². The maximum Gasteiger partial charge on any atom is 0.350 e. The van der Waals surface area contributed by atoms with Crippen LogP contribution in [0.15, 0.2) is 10.5 Å². The number of carboxylic acid groups (broad SMARTS) is 2. The standard InChI is InChI=1S/C15H19N5O7S2/c1-15(2,13(25)26)27-19-8(6-4-29-14(16)17-6)10(23)18-9-11(24)20(3)12(9)28-5-7(21)22/h4,9,12H,5H2,1-3H3,(H2,16,17)(H,18,23)(H,21,22)(H,25,26)/b19-8-/t9-,12?/m1/s1. The van der Waals surface area contributed by atoms with E-state index in [2.05, 4.69) is 15.5 Å². The third-order valence-corrected chi connectivity index (χ3v) is 5.82. The average Bonchev–Trinajstić information content (AvgIpc) is 3.06. The summed E-state index contributed by atoms with van der Waals surface area (Å²) in [4.78, 5) is 57.0. The first-order valence-corrected chi connectivity index (χ1v) is 9.98. The number of hydrogen-bond donors (Lipinski definition) is 4. The highest BCUT2D eigenvalue weighted by Gasteiger charge is 2.47. The monoisotopic (exact) mass is 445 g/mol. The summed E-state index contributed by atoms with van der Waals surface area (Å²) in [5.41, 5.74) is 3.54. The molecule has 0 saturated carbocycles. The van der Waals surface area contributed by atoms with Crippen LogP contribution in [0.25, 0.3) is 0 Å². The number of nitrogen functional groups attached to an aromatic ring is 1. The van der Waals surface area contributed by atoms with Crippen molar-refractivity contribution in [2.24, 2.45) is 5.16 Å². The summed E-state index contributed by atoms with van der Waals surface area (Å²) in [6.45, 7) is 2.49. The summed E-state index contributed by atoms with van der Waals surface area (Å²) < 4.78 is 0. The molecule has 0 aliphatic carbocycles. The normalized spacial score (nSPS) is 19.5. The number of oxime groups is 1. The molecule has 2 rings (SSSR count). The molecule has 1 fully saturated rings. The Labute approximate surface area is 173 Å². The minimum atomic E-state index is -1.72. The van der Waals surface area contributed by atoms with E-state index in [1.807, 2.05) is 0 Å². The zero-order valence-corrected chi connectivity index (χ0v) is 17.2. The van der Waals surface area contributed by atoms with Crippen LogP contribution < -0.4 is 11.1 Å². The molecule has 12 nitrogen and oxygen atoms in total. The van der Waals surface area contributed by atoms with Crippen molar-refractivity contribution in [3.63, 3.8) is 0 Å². The van der Waals surface area contributed by atoms with Crippen LogP contribution in [-0.2, 0) is 24.0 Å². The van der Waals surface area contributed by atoms with E-state index in [4.69, 9.17) is 20.8 Å². The molecule has 0 radical (unpaired) electrons. The van der Waals surface area contributed by atoms with Crippen molar-refractivity contribution in [3.05, 3.63) is 11.1 Å². The maximum atomic E-state index is 12.7. The lowest BCUT2D eigenvalue weighted by Gasteiger charge is -2.44. The maximum absolute atomic E-state index is 12.7. The number of likely N-dealkylation sites (tertiary alicyclic amines) is 1. The summed E-state index contributed by atoms with van der Waals surface area (Å²) in [7, 11) is 1.49. The van der Waals surface area contributed by atoms with Gasteiger partial charge in [-0.1, -0.05) is 5.16 Å². The Morgan fingerprint density at radius 1 is 1.45 bits per heavy atom. The van der Waals surface area contributed by atoms with E-state index in [-0.39, 0.29) is 22.3 Å². The molecular formula is C15H19N5O7S2. The Balaban J connectivity index is 2.22. The minimum absolute atomic E-state index is 0.0426. The van der Waals surface area contributed by atoms with Gasteiger partial charge in [-0.2, -0.15) is 0 Å². The lowest BCUT2D eigenvalue weighted by Crippen LogP contribution is -2.68. The summed E-state index contributed by atoms with van der Waals surface area (Å²) in [5.74, 6) is -3.88. The van der Waals surface area contributed by atoms with E-state index in [0.717, 1.165) is 23.1 Å². The quantitative estimate of drug-likeness (QED) is 0.217. The van der Waals surface area contributed by atoms with Crippen molar-refractivity contribution < 1.29 is 34.2 Å². The second-order valence-electron chi connectivity index (χ2n) is 6.41. The number of thioether (sulfide) groups is 1. The number of likely N-dealkylation sites (N-methyl/N-ethyl adjacent to an activating group) is 1. The van der Waals surface area contributed by atoms with Crippen LogP contribution in [0.5, 0.6) is 0 Å². The third kappa shape index (κ3) is 5.14. The van der Waals surface area contributed by atoms with Gasteiger partial charge in [-0.25, -0.2) is 9.78 Å². The van der Waals surface area contributed by atoms with Crippen LogP contribution in [0, 0.1) is 0 Å². The molecule has 1 aliphatic heterocycles. The fourth-order valence-electron chi connectivity index (χ4n) is 2.12. The van der Waals surface area contributed by atoms with E-state index < -0.39 is 40.8 Å². The summed E-state index contributed by atoms with van der Waals surface area (Å²) in [6, 6.07) is -0.981. The Kier molecular flexibility index (Phi) is 6.69. The minimum Gasteiger partial charge on any atom is -0.481 e. The van der Waals surface area contributed by atoms with Crippen molar-refractivity contribution in [2.45, 2.75) is 30.9 Å². The lowest BCUT2D eigenvalue weighted by molar-refractivity contribution is -0.161. The van der Waals surface area contributed by atoms with Gasteiger partial charge in [-0.15, -0.1) is 23.1 Å². The molecule has 1 saturated heterocycles. The largest absolute Gasteiger partial charge is 0.481 e. The number of thiazole rings is 1. The Morgan fingerprint density at radius 3 is 2.62 bits per heavy atom. The molecular weight excluding hydrogens is 426 g/mol. The predicted molar refractivity (Wildman–Crippen MR) is 104 cm³/mol. The van der Waals surface area contributed by atoms with Crippen molar-refractivity contribution in [1.82, 2.24) is 15.2 Å². The van der Waals surface area contributed by atoms with Gasteiger partial charge in [-0.3, -0.25) is 14.4 Å². The molecule has 1 aromatic heterocycles. The lowest BCUT2D eigenvalue weighted by atomic mass is 10.1. The Morgan fingerprint density at radius 2 is 2.10 bits per heavy atom. The molecule has 29 heavy (non-hydrogen) atoms.